The van der Waals surface area contributed by atoms with E-state index in [4.69, 9.17) is 9.15 Å². The first kappa shape index (κ1) is 16.0. The van der Waals surface area contributed by atoms with Crippen LogP contribution in [-0.2, 0) is 5.60 Å². The summed E-state index contributed by atoms with van der Waals surface area (Å²) in [5.41, 5.74) is -1.10. The molecule has 1 atom stereocenters. The Morgan fingerprint density at radius 2 is 2.14 bits per heavy atom. The fourth-order valence-corrected chi connectivity index (χ4v) is 1.97. The van der Waals surface area contributed by atoms with Crippen LogP contribution in [0.2, 0.25) is 0 Å². The van der Waals surface area contributed by atoms with E-state index in [1.165, 1.54) is 26.2 Å². The Morgan fingerprint density at radius 1 is 1.41 bits per heavy atom. The molecule has 0 bridgehead atoms. The number of halogens is 1. The van der Waals surface area contributed by atoms with E-state index in [0.29, 0.717) is 11.5 Å². The van der Waals surface area contributed by atoms with Gasteiger partial charge in [0.25, 0.3) is 5.91 Å². The average molecular weight is 307 g/mol. The van der Waals surface area contributed by atoms with E-state index in [9.17, 15) is 14.3 Å². The van der Waals surface area contributed by atoms with Crippen LogP contribution in [0, 0.1) is 12.7 Å². The van der Waals surface area contributed by atoms with Gasteiger partial charge in [0.1, 0.15) is 17.1 Å². The molecule has 1 aromatic carbocycles. The largest absolute Gasteiger partial charge is 0.494 e. The van der Waals surface area contributed by atoms with Crippen molar-refractivity contribution in [1.29, 1.82) is 0 Å². The first-order valence-electron chi connectivity index (χ1n) is 6.74. The van der Waals surface area contributed by atoms with Crippen LogP contribution >= 0.6 is 0 Å². The van der Waals surface area contributed by atoms with E-state index in [1.807, 2.05) is 0 Å². The lowest BCUT2D eigenvalue weighted by Crippen LogP contribution is -2.38. The molecule has 6 heteroatoms. The molecule has 22 heavy (non-hydrogen) atoms. The molecular formula is C16H18FNO4. The monoisotopic (exact) mass is 307 g/mol. The number of nitrogens with one attached hydrogen (secondary N) is 1. The maximum Gasteiger partial charge on any atom is 0.251 e. The van der Waals surface area contributed by atoms with Crippen LogP contribution in [-0.4, -0.2) is 24.7 Å². The Balaban J connectivity index is 2.06. The van der Waals surface area contributed by atoms with E-state index in [2.05, 4.69) is 5.32 Å². The number of benzene rings is 1. The quantitative estimate of drug-likeness (QED) is 0.889. The van der Waals surface area contributed by atoms with Crippen molar-refractivity contribution in [2.75, 3.05) is 13.7 Å². The molecule has 0 fully saturated rings. The summed E-state index contributed by atoms with van der Waals surface area (Å²) in [5, 5.41) is 12.9. The summed E-state index contributed by atoms with van der Waals surface area (Å²) >= 11 is 0. The Labute approximate surface area is 127 Å². The third-order valence-electron chi connectivity index (χ3n) is 3.28. The second-order valence-electron chi connectivity index (χ2n) is 5.22. The number of hydrogen-bond acceptors (Lipinski definition) is 4. The number of aryl methyl sites for hydroxylation is 1. The Hall–Kier alpha value is -2.34. The summed E-state index contributed by atoms with van der Waals surface area (Å²) in [7, 11) is 1.32. The van der Waals surface area contributed by atoms with Crippen molar-refractivity contribution in [3.8, 4) is 5.75 Å². The lowest BCUT2D eigenvalue weighted by Gasteiger charge is -2.21. The zero-order chi connectivity index (χ0) is 16.3. The predicted molar refractivity (Wildman–Crippen MR) is 78.3 cm³/mol. The Kier molecular flexibility index (Phi) is 4.51. The fraction of sp³-hybridized carbons (Fsp3) is 0.312. The zero-order valence-corrected chi connectivity index (χ0v) is 12.6. The molecule has 0 saturated heterocycles. The van der Waals surface area contributed by atoms with Crippen LogP contribution in [0.1, 0.15) is 28.8 Å². The number of methoxy groups -OCH3 is 1. The van der Waals surface area contributed by atoms with Crippen LogP contribution in [0.5, 0.6) is 5.75 Å². The number of carbonyl (C=O) groups is 1. The number of hydrogen-bond donors (Lipinski definition) is 2. The minimum atomic E-state index is -1.34. The molecule has 118 valence electrons. The van der Waals surface area contributed by atoms with Crippen LogP contribution in [0.25, 0.3) is 0 Å². The molecule has 0 aliphatic carbocycles. The number of rotatable bonds is 5. The maximum atomic E-state index is 13.3. The zero-order valence-electron chi connectivity index (χ0n) is 12.6. The lowest BCUT2D eigenvalue weighted by molar-refractivity contribution is 0.0323. The van der Waals surface area contributed by atoms with Crippen molar-refractivity contribution >= 4 is 5.91 Å². The molecule has 0 aliphatic heterocycles. The van der Waals surface area contributed by atoms with Crippen molar-refractivity contribution in [1.82, 2.24) is 5.32 Å². The molecule has 1 amide bonds. The first-order chi connectivity index (χ1) is 10.3. The van der Waals surface area contributed by atoms with Crippen molar-refractivity contribution in [2.45, 2.75) is 19.4 Å². The highest BCUT2D eigenvalue weighted by Gasteiger charge is 2.27. The molecule has 1 heterocycles. The van der Waals surface area contributed by atoms with Crippen LogP contribution in [0.4, 0.5) is 4.39 Å². The molecular weight excluding hydrogens is 289 g/mol. The molecule has 5 nitrogen and oxygen atoms in total. The van der Waals surface area contributed by atoms with Gasteiger partial charge in [-0.1, -0.05) is 0 Å². The smallest absolute Gasteiger partial charge is 0.251 e. The second-order valence-corrected chi connectivity index (χ2v) is 5.22. The van der Waals surface area contributed by atoms with Gasteiger partial charge in [-0.15, -0.1) is 0 Å². The summed E-state index contributed by atoms with van der Waals surface area (Å²) in [6.07, 6.45) is 0. The molecule has 2 rings (SSSR count). The molecule has 0 spiro atoms. The van der Waals surface area contributed by atoms with Crippen LogP contribution in [0.15, 0.2) is 34.7 Å². The molecule has 1 unspecified atom stereocenters. The van der Waals surface area contributed by atoms with Gasteiger partial charge in [-0.3, -0.25) is 4.79 Å². The molecule has 2 aromatic rings. The van der Waals surface area contributed by atoms with E-state index in [0.717, 1.165) is 6.07 Å². The Bertz CT molecular complexity index is 679. The van der Waals surface area contributed by atoms with Gasteiger partial charge in [0.15, 0.2) is 11.6 Å². The molecule has 1 aromatic heterocycles. The standard InChI is InChI=1S/C16H18FNO4/c1-10-4-7-14(22-10)16(2,20)9-18-15(19)11-5-6-12(17)13(8-11)21-3/h4-8,20H,9H2,1-3H3,(H,18,19). The minimum absolute atomic E-state index is 0.0129. The number of amides is 1. The van der Waals surface area contributed by atoms with E-state index >= 15 is 0 Å². The summed E-state index contributed by atoms with van der Waals surface area (Å²) < 4.78 is 23.5. The highest BCUT2D eigenvalue weighted by atomic mass is 19.1. The molecule has 0 saturated carbocycles. The minimum Gasteiger partial charge on any atom is -0.494 e. The predicted octanol–water partition coefficient (Wildman–Crippen LogP) is 2.37. The van der Waals surface area contributed by atoms with E-state index in [1.54, 1.807) is 19.1 Å². The van der Waals surface area contributed by atoms with Gasteiger partial charge in [-0.25, -0.2) is 4.39 Å². The van der Waals surface area contributed by atoms with Gasteiger partial charge < -0.3 is 19.6 Å². The normalized spacial score (nSPS) is 13.5. The SMILES string of the molecule is COc1cc(C(=O)NCC(C)(O)c2ccc(C)o2)ccc1F. The third kappa shape index (κ3) is 3.46. The summed E-state index contributed by atoms with van der Waals surface area (Å²) in [6, 6.07) is 7.19. The number of furan rings is 1. The van der Waals surface area contributed by atoms with Gasteiger partial charge in [0, 0.05) is 5.56 Å². The van der Waals surface area contributed by atoms with Crippen molar-refractivity contribution in [3.05, 3.63) is 53.2 Å². The topological polar surface area (TPSA) is 71.7 Å². The van der Waals surface area contributed by atoms with Crippen LogP contribution < -0.4 is 10.1 Å². The fourth-order valence-electron chi connectivity index (χ4n) is 1.97. The Morgan fingerprint density at radius 3 is 2.73 bits per heavy atom. The van der Waals surface area contributed by atoms with Crippen molar-refractivity contribution in [3.63, 3.8) is 0 Å². The number of ether oxygens (including phenoxy) is 1. The second kappa shape index (κ2) is 6.19. The van der Waals surface area contributed by atoms with Gasteiger partial charge in [-0.2, -0.15) is 0 Å². The van der Waals surface area contributed by atoms with Gasteiger partial charge in [0.05, 0.1) is 13.7 Å². The third-order valence-corrected chi connectivity index (χ3v) is 3.28. The highest BCUT2D eigenvalue weighted by molar-refractivity contribution is 5.94. The highest BCUT2D eigenvalue weighted by Crippen LogP contribution is 2.22. The van der Waals surface area contributed by atoms with E-state index < -0.39 is 17.3 Å². The molecule has 0 aliphatic rings. The van der Waals surface area contributed by atoms with Crippen molar-refractivity contribution < 1.29 is 23.4 Å². The van der Waals surface area contributed by atoms with Crippen LogP contribution in [0.3, 0.4) is 0 Å². The maximum absolute atomic E-state index is 13.3. The summed E-state index contributed by atoms with van der Waals surface area (Å²) in [6.45, 7) is 3.26. The number of carbonyl (C=O) groups excluding carboxylic acids is 1. The first-order valence-corrected chi connectivity index (χ1v) is 6.74. The summed E-state index contributed by atoms with van der Waals surface area (Å²) in [5.74, 6) is 0.0342. The average Bonchev–Trinajstić information content (AvgIpc) is 2.93. The number of aliphatic hydroxyl groups is 1. The molecule has 2 N–H and O–H groups in total. The van der Waals surface area contributed by atoms with Gasteiger partial charge in [0.2, 0.25) is 0 Å². The van der Waals surface area contributed by atoms with Gasteiger partial charge in [-0.05, 0) is 44.2 Å². The lowest BCUT2D eigenvalue weighted by atomic mass is 10.0. The summed E-state index contributed by atoms with van der Waals surface area (Å²) in [4.78, 5) is 12.1. The van der Waals surface area contributed by atoms with Crippen molar-refractivity contribution in [2.24, 2.45) is 0 Å². The van der Waals surface area contributed by atoms with Gasteiger partial charge >= 0.3 is 0 Å². The molecule has 0 radical (unpaired) electrons. The van der Waals surface area contributed by atoms with E-state index in [-0.39, 0.29) is 17.9 Å².